The molecule has 0 saturated carbocycles. The van der Waals surface area contributed by atoms with Gasteiger partial charge in [-0.15, -0.1) is 0 Å². The van der Waals surface area contributed by atoms with Gasteiger partial charge in [0, 0.05) is 40.8 Å². The van der Waals surface area contributed by atoms with Crippen LogP contribution in [0, 0.1) is 10.8 Å². The van der Waals surface area contributed by atoms with Crippen LogP contribution in [0.1, 0.15) is 33.1 Å². The maximum atomic E-state index is 11.2. The topological polar surface area (TPSA) is 70.2 Å². The lowest BCUT2D eigenvalue weighted by Gasteiger charge is -2.27. The van der Waals surface area contributed by atoms with E-state index in [-0.39, 0.29) is 11.3 Å². The van der Waals surface area contributed by atoms with Crippen molar-refractivity contribution in [2.45, 2.75) is 33.1 Å². The Hall–Kier alpha value is -0.420. The molecular weight excluding hydrogens is 234 g/mol. The maximum absolute atomic E-state index is 11.2. The van der Waals surface area contributed by atoms with Crippen molar-refractivity contribution in [1.82, 2.24) is 4.90 Å². The molecule has 5 heteroatoms. The molecule has 100 valence electrons. The second kappa shape index (κ2) is 6.50. The zero-order valence-electron chi connectivity index (χ0n) is 11.0. The highest BCUT2D eigenvalue weighted by Gasteiger charge is 2.21. The standard InChI is InChI=1S/C12H25N3OS/c1-12(2,11(13)14)5-3-4-6-15-7-9-17(16)10-8-15/h3-10H2,1-2H3,(H3,13,14). The van der Waals surface area contributed by atoms with Crippen LogP contribution in [-0.4, -0.2) is 46.1 Å². The molecule has 1 aliphatic heterocycles. The van der Waals surface area contributed by atoms with Crippen LogP contribution in [0.5, 0.6) is 0 Å². The third-order valence-electron chi connectivity index (χ3n) is 3.53. The predicted octanol–water partition coefficient (Wildman–Crippen LogP) is 1.18. The van der Waals surface area contributed by atoms with E-state index in [9.17, 15) is 4.21 Å². The maximum Gasteiger partial charge on any atom is 0.0963 e. The van der Waals surface area contributed by atoms with Crippen molar-refractivity contribution >= 4 is 16.6 Å². The van der Waals surface area contributed by atoms with Gasteiger partial charge in [-0.25, -0.2) is 0 Å². The third kappa shape index (κ3) is 5.17. The van der Waals surface area contributed by atoms with E-state index >= 15 is 0 Å². The van der Waals surface area contributed by atoms with Gasteiger partial charge in [0.05, 0.1) is 5.84 Å². The minimum absolute atomic E-state index is 0.163. The summed E-state index contributed by atoms with van der Waals surface area (Å²) in [6.07, 6.45) is 3.22. The van der Waals surface area contributed by atoms with Gasteiger partial charge in [-0.2, -0.15) is 0 Å². The van der Waals surface area contributed by atoms with E-state index in [0.717, 1.165) is 50.4 Å². The number of unbranched alkanes of at least 4 members (excludes halogenated alkanes) is 1. The third-order valence-corrected chi connectivity index (χ3v) is 4.80. The number of hydrogen-bond acceptors (Lipinski definition) is 3. The molecule has 0 aromatic heterocycles. The number of nitrogens with one attached hydrogen (secondary N) is 1. The highest BCUT2D eigenvalue weighted by Crippen LogP contribution is 2.22. The number of nitrogens with zero attached hydrogens (tertiary/aromatic N) is 1. The number of rotatable bonds is 6. The molecule has 0 aromatic carbocycles. The monoisotopic (exact) mass is 259 g/mol. The van der Waals surface area contributed by atoms with Crippen LogP contribution in [0.2, 0.25) is 0 Å². The first-order chi connectivity index (χ1) is 7.92. The molecule has 1 fully saturated rings. The molecule has 4 nitrogen and oxygen atoms in total. The molecule has 3 N–H and O–H groups in total. The second-order valence-electron chi connectivity index (χ2n) is 5.44. The molecule has 1 saturated heterocycles. The van der Waals surface area contributed by atoms with Gasteiger partial charge in [-0.05, 0) is 19.4 Å². The summed E-state index contributed by atoms with van der Waals surface area (Å²) < 4.78 is 11.2. The summed E-state index contributed by atoms with van der Waals surface area (Å²) in [4.78, 5) is 2.39. The van der Waals surface area contributed by atoms with E-state index in [4.69, 9.17) is 11.1 Å². The molecule has 0 unspecified atom stereocenters. The number of nitrogens with two attached hydrogens (primary N) is 1. The fraction of sp³-hybridized carbons (Fsp3) is 0.917. The second-order valence-corrected chi connectivity index (χ2v) is 7.14. The summed E-state index contributed by atoms with van der Waals surface area (Å²) in [7, 11) is -0.575. The van der Waals surface area contributed by atoms with Gasteiger partial charge in [0.1, 0.15) is 0 Å². The molecule has 0 aromatic rings. The summed E-state index contributed by atoms with van der Waals surface area (Å²) >= 11 is 0. The molecule has 0 aliphatic carbocycles. The lowest BCUT2D eigenvalue weighted by atomic mass is 9.86. The Balaban J connectivity index is 2.12. The Kier molecular flexibility index (Phi) is 5.59. The van der Waals surface area contributed by atoms with Crippen molar-refractivity contribution in [1.29, 1.82) is 5.41 Å². The minimum Gasteiger partial charge on any atom is -0.387 e. The average Bonchev–Trinajstić information content (AvgIpc) is 2.26. The summed E-state index contributed by atoms with van der Waals surface area (Å²) in [6, 6.07) is 0. The van der Waals surface area contributed by atoms with Crippen molar-refractivity contribution in [3.63, 3.8) is 0 Å². The van der Waals surface area contributed by atoms with Crippen molar-refractivity contribution in [3.05, 3.63) is 0 Å². The fourth-order valence-electron chi connectivity index (χ4n) is 1.94. The highest BCUT2D eigenvalue weighted by atomic mass is 32.2. The van der Waals surface area contributed by atoms with Gasteiger partial charge in [0.25, 0.3) is 0 Å². The molecule has 0 amide bonds. The average molecular weight is 259 g/mol. The summed E-state index contributed by atoms with van der Waals surface area (Å²) in [6.45, 7) is 7.09. The Bertz CT molecular complexity index is 281. The molecule has 1 aliphatic rings. The zero-order valence-corrected chi connectivity index (χ0v) is 11.8. The SMILES string of the molecule is CC(C)(CCCCN1CCS(=O)CC1)C(=N)N. The van der Waals surface area contributed by atoms with Gasteiger partial charge in [0.15, 0.2) is 0 Å². The van der Waals surface area contributed by atoms with Crippen molar-refractivity contribution in [2.75, 3.05) is 31.1 Å². The van der Waals surface area contributed by atoms with Crippen LogP contribution >= 0.6 is 0 Å². The normalized spacial score (nSPS) is 19.4. The van der Waals surface area contributed by atoms with E-state index < -0.39 is 10.8 Å². The molecule has 1 heterocycles. The Labute approximate surface area is 107 Å². The quantitative estimate of drug-likeness (QED) is 0.427. The fourth-order valence-corrected chi connectivity index (χ4v) is 3.06. The van der Waals surface area contributed by atoms with Crippen LogP contribution in [-0.2, 0) is 10.8 Å². The van der Waals surface area contributed by atoms with Gasteiger partial charge >= 0.3 is 0 Å². The summed E-state index contributed by atoms with van der Waals surface area (Å²) in [5.74, 6) is 1.95. The molecule has 0 radical (unpaired) electrons. The van der Waals surface area contributed by atoms with Crippen molar-refractivity contribution in [3.8, 4) is 0 Å². The number of amidine groups is 1. The summed E-state index contributed by atoms with van der Waals surface area (Å²) in [5, 5.41) is 7.48. The van der Waals surface area contributed by atoms with Crippen LogP contribution in [0.4, 0.5) is 0 Å². The first kappa shape index (κ1) is 14.6. The summed E-state index contributed by atoms with van der Waals surface area (Å²) in [5.41, 5.74) is 5.39. The van der Waals surface area contributed by atoms with E-state index in [1.807, 2.05) is 13.8 Å². The van der Waals surface area contributed by atoms with E-state index in [1.165, 1.54) is 0 Å². The molecule has 0 spiro atoms. The first-order valence-electron chi connectivity index (χ1n) is 6.33. The minimum atomic E-state index is -0.575. The Morgan fingerprint density at radius 1 is 1.35 bits per heavy atom. The van der Waals surface area contributed by atoms with E-state index in [0.29, 0.717) is 0 Å². The lowest BCUT2D eigenvalue weighted by molar-refractivity contribution is 0.286. The molecule has 0 bridgehead atoms. The van der Waals surface area contributed by atoms with Crippen LogP contribution < -0.4 is 5.73 Å². The van der Waals surface area contributed by atoms with Crippen LogP contribution in [0.3, 0.4) is 0 Å². The largest absolute Gasteiger partial charge is 0.387 e. The predicted molar refractivity (Wildman–Crippen MR) is 73.9 cm³/mol. The Morgan fingerprint density at radius 2 is 1.94 bits per heavy atom. The highest BCUT2D eigenvalue weighted by molar-refractivity contribution is 7.85. The van der Waals surface area contributed by atoms with Gasteiger partial charge in [-0.3, -0.25) is 9.62 Å². The smallest absolute Gasteiger partial charge is 0.0963 e. The first-order valence-corrected chi connectivity index (χ1v) is 7.82. The molecule has 1 rings (SSSR count). The zero-order chi connectivity index (χ0) is 12.9. The van der Waals surface area contributed by atoms with Crippen LogP contribution in [0.15, 0.2) is 0 Å². The van der Waals surface area contributed by atoms with Gasteiger partial charge in [-0.1, -0.05) is 20.3 Å². The molecule has 0 atom stereocenters. The molecular formula is C12H25N3OS. The number of hydrogen-bond donors (Lipinski definition) is 2. The molecule has 17 heavy (non-hydrogen) atoms. The van der Waals surface area contributed by atoms with Gasteiger partial charge < -0.3 is 10.6 Å². The van der Waals surface area contributed by atoms with Crippen molar-refractivity contribution < 1.29 is 4.21 Å². The van der Waals surface area contributed by atoms with Gasteiger partial charge in [0.2, 0.25) is 0 Å². The van der Waals surface area contributed by atoms with E-state index in [1.54, 1.807) is 0 Å². The van der Waals surface area contributed by atoms with Crippen LogP contribution in [0.25, 0.3) is 0 Å². The Morgan fingerprint density at radius 3 is 2.47 bits per heavy atom. The van der Waals surface area contributed by atoms with E-state index in [2.05, 4.69) is 4.90 Å². The van der Waals surface area contributed by atoms with Crippen molar-refractivity contribution in [2.24, 2.45) is 11.1 Å². The lowest BCUT2D eigenvalue weighted by Crippen LogP contribution is -2.38.